The van der Waals surface area contributed by atoms with Crippen LogP contribution in [0, 0.1) is 6.92 Å². The van der Waals surface area contributed by atoms with Crippen LogP contribution < -0.4 is 14.4 Å². The number of nitrogens with zero attached hydrogens (tertiary/aromatic N) is 1. The Bertz CT molecular complexity index is 1250. The van der Waals surface area contributed by atoms with Crippen LogP contribution in [-0.2, 0) is 17.8 Å². The average Bonchev–Trinajstić information content (AvgIpc) is 3.40. The maximum Gasteiger partial charge on any atom is 0.303 e. The van der Waals surface area contributed by atoms with Gasteiger partial charge in [0.2, 0.25) is 0 Å². The molecular weight excluding hydrogens is 442 g/mol. The van der Waals surface area contributed by atoms with Gasteiger partial charge in [0.1, 0.15) is 11.5 Å². The molecule has 6 nitrogen and oxygen atoms in total. The summed E-state index contributed by atoms with van der Waals surface area (Å²) in [5, 5.41) is 9.09. The number of benzene rings is 3. The van der Waals surface area contributed by atoms with Crippen molar-refractivity contribution in [3.05, 3.63) is 88.5 Å². The van der Waals surface area contributed by atoms with Crippen LogP contribution in [-0.4, -0.2) is 30.2 Å². The molecule has 180 valence electrons. The number of hydrogen-bond donors (Lipinski definition) is 1. The van der Waals surface area contributed by atoms with E-state index in [0.29, 0.717) is 31.7 Å². The maximum absolute atomic E-state index is 12.9. The first-order valence-corrected chi connectivity index (χ1v) is 12.1. The molecule has 0 fully saturated rings. The number of aliphatic carboxylic acids is 1. The van der Waals surface area contributed by atoms with Crippen molar-refractivity contribution >= 4 is 17.6 Å². The van der Waals surface area contributed by atoms with Crippen molar-refractivity contribution in [1.29, 1.82) is 0 Å². The van der Waals surface area contributed by atoms with Crippen LogP contribution in [0.4, 0.5) is 5.69 Å². The lowest BCUT2D eigenvalue weighted by atomic mass is 9.98. The lowest BCUT2D eigenvalue weighted by Crippen LogP contribution is -2.22. The zero-order chi connectivity index (χ0) is 24.4. The molecule has 3 aromatic carbocycles. The van der Waals surface area contributed by atoms with E-state index in [0.717, 1.165) is 46.7 Å². The summed E-state index contributed by atoms with van der Waals surface area (Å²) < 4.78 is 12.0. The van der Waals surface area contributed by atoms with E-state index in [9.17, 15) is 9.59 Å². The molecule has 1 amide bonds. The third-order valence-electron chi connectivity index (χ3n) is 6.82. The van der Waals surface area contributed by atoms with Gasteiger partial charge < -0.3 is 19.5 Å². The molecule has 1 heterocycles. The van der Waals surface area contributed by atoms with Gasteiger partial charge in [-0.25, -0.2) is 0 Å². The number of anilines is 1. The summed E-state index contributed by atoms with van der Waals surface area (Å²) in [5.41, 5.74) is 5.99. The smallest absolute Gasteiger partial charge is 0.303 e. The molecule has 0 saturated heterocycles. The van der Waals surface area contributed by atoms with Crippen molar-refractivity contribution in [1.82, 2.24) is 0 Å². The average molecular weight is 472 g/mol. The molecule has 0 bridgehead atoms. The number of carboxylic acid groups (broad SMARTS) is 1. The summed E-state index contributed by atoms with van der Waals surface area (Å²) in [7, 11) is 0. The number of carbonyl (C=O) groups is 2. The summed E-state index contributed by atoms with van der Waals surface area (Å²) in [5.74, 6) is 0.901. The summed E-state index contributed by atoms with van der Waals surface area (Å²) in [4.78, 5) is 25.8. The van der Waals surface area contributed by atoms with Crippen LogP contribution in [0.1, 0.15) is 57.8 Å². The van der Waals surface area contributed by atoms with Crippen molar-refractivity contribution in [2.75, 3.05) is 18.1 Å². The zero-order valence-electron chi connectivity index (χ0n) is 19.8. The van der Waals surface area contributed by atoms with Crippen molar-refractivity contribution in [2.24, 2.45) is 0 Å². The molecule has 1 aliphatic carbocycles. The van der Waals surface area contributed by atoms with Gasteiger partial charge in [0.05, 0.1) is 26.2 Å². The Morgan fingerprint density at radius 2 is 1.86 bits per heavy atom. The molecule has 3 aromatic rings. The number of carbonyl (C=O) groups excluding carboxylic acids is 1. The minimum absolute atomic E-state index is 0.000148. The first-order chi connectivity index (χ1) is 17.0. The molecule has 0 radical (unpaired) electrons. The Balaban J connectivity index is 1.14. The largest absolute Gasteiger partial charge is 0.493 e. The Morgan fingerprint density at radius 1 is 1.06 bits per heavy atom. The topological polar surface area (TPSA) is 76.1 Å². The molecule has 5 rings (SSSR count). The fraction of sp³-hybridized carbons (Fsp3) is 0.310. The maximum atomic E-state index is 12.9. The molecule has 6 heteroatoms. The van der Waals surface area contributed by atoms with E-state index in [2.05, 4.69) is 0 Å². The second-order valence-electron chi connectivity index (χ2n) is 9.25. The predicted molar refractivity (Wildman–Crippen MR) is 133 cm³/mol. The molecule has 0 aromatic heterocycles. The molecule has 2 aliphatic rings. The van der Waals surface area contributed by atoms with Crippen LogP contribution >= 0.6 is 0 Å². The van der Waals surface area contributed by atoms with E-state index >= 15 is 0 Å². The lowest BCUT2D eigenvalue weighted by Gasteiger charge is -2.16. The van der Waals surface area contributed by atoms with E-state index < -0.39 is 5.97 Å². The summed E-state index contributed by atoms with van der Waals surface area (Å²) in [6.45, 7) is 3.53. The Kier molecular flexibility index (Phi) is 6.45. The quantitative estimate of drug-likeness (QED) is 0.417. The van der Waals surface area contributed by atoms with Gasteiger partial charge in [0, 0.05) is 23.2 Å². The monoisotopic (exact) mass is 471 g/mol. The Morgan fingerprint density at radius 3 is 2.66 bits per heavy atom. The number of fused-ring (bicyclic) bond motifs is 2. The summed E-state index contributed by atoms with van der Waals surface area (Å²) in [6.07, 6.45) is 2.66. The number of hydrogen-bond acceptors (Lipinski definition) is 4. The van der Waals surface area contributed by atoms with Gasteiger partial charge >= 0.3 is 5.97 Å². The van der Waals surface area contributed by atoms with Crippen molar-refractivity contribution < 1.29 is 24.2 Å². The number of ether oxygens (including phenoxy) is 2. The van der Waals surface area contributed by atoms with E-state index in [1.54, 1.807) is 4.90 Å². The minimum atomic E-state index is -0.751. The number of amides is 1. The van der Waals surface area contributed by atoms with Gasteiger partial charge in [0.15, 0.2) is 0 Å². The van der Waals surface area contributed by atoms with Gasteiger partial charge in [-0.2, -0.15) is 0 Å². The Hall–Kier alpha value is -3.80. The highest BCUT2D eigenvalue weighted by atomic mass is 16.5. The molecule has 0 spiro atoms. The molecule has 35 heavy (non-hydrogen) atoms. The van der Waals surface area contributed by atoms with E-state index in [1.165, 1.54) is 5.56 Å². The van der Waals surface area contributed by atoms with Gasteiger partial charge in [-0.1, -0.05) is 29.8 Å². The molecule has 1 unspecified atom stereocenters. The number of rotatable bonds is 9. The lowest BCUT2D eigenvalue weighted by molar-refractivity contribution is -0.137. The van der Waals surface area contributed by atoms with Crippen LogP contribution in [0.5, 0.6) is 11.5 Å². The molecule has 1 aliphatic heterocycles. The van der Waals surface area contributed by atoms with Crippen LogP contribution in [0.3, 0.4) is 0 Å². The first-order valence-electron chi connectivity index (χ1n) is 12.1. The van der Waals surface area contributed by atoms with Gasteiger partial charge in [-0.05, 0) is 73.2 Å². The second kappa shape index (κ2) is 9.82. The highest BCUT2D eigenvalue weighted by molar-refractivity contribution is 6.10. The zero-order valence-corrected chi connectivity index (χ0v) is 19.8. The van der Waals surface area contributed by atoms with Gasteiger partial charge in [-0.3, -0.25) is 9.59 Å². The van der Waals surface area contributed by atoms with Crippen LogP contribution in [0.15, 0.2) is 60.7 Å². The van der Waals surface area contributed by atoms with Crippen LogP contribution in [0.2, 0.25) is 0 Å². The summed E-state index contributed by atoms with van der Waals surface area (Å²) >= 11 is 0. The number of aryl methyl sites for hydroxylation is 2. The Labute approximate surface area is 205 Å². The third-order valence-corrected chi connectivity index (χ3v) is 6.82. The molecule has 0 saturated carbocycles. The second-order valence-corrected chi connectivity index (χ2v) is 9.25. The molecule has 1 atom stereocenters. The third kappa shape index (κ3) is 4.87. The SMILES string of the molecule is Cc1ccc(N2Cc3c(OCCCOc4ccc5c(c4)CCC5CC(=O)O)cccc3C2=O)cc1. The number of carboxylic acids is 1. The van der Waals surface area contributed by atoms with E-state index in [-0.39, 0.29) is 18.2 Å². The fourth-order valence-electron chi connectivity index (χ4n) is 5.00. The van der Waals surface area contributed by atoms with Crippen LogP contribution in [0.25, 0.3) is 0 Å². The van der Waals surface area contributed by atoms with Gasteiger partial charge in [-0.15, -0.1) is 0 Å². The van der Waals surface area contributed by atoms with Crippen molar-refractivity contribution in [3.63, 3.8) is 0 Å². The van der Waals surface area contributed by atoms with E-state index in [4.69, 9.17) is 14.6 Å². The van der Waals surface area contributed by atoms with Gasteiger partial charge in [0.25, 0.3) is 5.91 Å². The summed E-state index contributed by atoms with van der Waals surface area (Å²) in [6, 6.07) is 19.6. The fourth-order valence-corrected chi connectivity index (χ4v) is 5.00. The van der Waals surface area contributed by atoms with E-state index in [1.807, 2.05) is 67.6 Å². The van der Waals surface area contributed by atoms with Crippen molar-refractivity contribution in [2.45, 2.75) is 45.1 Å². The standard InChI is InChI=1S/C29H29NO5/c1-19-6-10-22(11-7-19)30-18-26-25(29(30)33)4-2-5-27(26)35-15-3-14-34-23-12-13-24-20(16-23)8-9-21(24)17-28(31)32/h2,4-7,10-13,16,21H,3,8-9,14-15,17-18H2,1H3,(H,31,32). The highest BCUT2D eigenvalue weighted by Gasteiger charge is 2.31. The van der Waals surface area contributed by atoms with Crippen molar-refractivity contribution in [3.8, 4) is 11.5 Å². The highest BCUT2D eigenvalue weighted by Crippen LogP contribution is 2.37. The normalized spacial score (nSPS) is 16.2. The molecule has 1 N–H and O–H groups in total. The molecular formula is C29H29NO5. The predicted octanol–water partition coefficient (Wildman–Crippen LogP) is 5.51. The minimum Gasteiger partial charge on any atom is -0.493 e. The first kappa shape index (κ1) is 23.0.